The second-order valence-corrected chi connectivity index (χ2v) is 10.5. The smallest absolute Gasteiger partial charge is 0.191 e. The predicted molar refractivity (Wildman–Crippen MR) is 138 cm³/mol. The van der Waals surface area contributed by atoms with Gasteiger partial charge in [0.15, 0.2) is 15.8 Å². The van der Waals surface area contributed by atoms with Crippen molar-refractivity contribution < 1.29 is 8.42 Å². The maximum atomic E-state index is 11.9. The number of hydrogen-bond acceptors (Lipinski definition) is 3. The number of aliphatic imine (C=N–C) groups is 1. The second kappa shape index (κ2) is 12.3. The average Bonchev–Trinajstić information content (AvgIpc) is 2.70. The third-order valence-electron chi connectivity index (χ3n) is 5.10. The Morgan fingerprint density at radius 1 is 0.967 bits per heavy atom. The largest absolute Gasteiger partial charge is 0.357 e. The van der Waals surface area contributed by atoms with Crippen LogP contribution in [0.1, 0.15) is 44.2 Å². The molecule has 0 unspecified atom stereocenters. The Labute approximate surface area is 198 Å². The molecule has 0 atom stereocenters. The van der Waals surface area contributed by atoms with E-state index in [1.54, 1.807) is 13.8 Å². The van der Waals surface area contributed by atoms with E-state index in [0.717, 1.165) is 13.0 Å². The van der Waals surface area contributed by atoms with Gasteiger partial charge < -0.3 is 10.6 Å². The number of sulfone groups is 1. The number of rotatable bonds is 9. The standard InChI is InChI=1S/C23H33N3O2S.HI/c1-5-24-22(26-18-23(2,3)29(4,27)28)25-17-16-21(19-12-8-6-9-13-19)20-14-10-7-11-15-20;/h6-15,21H,5,16-18H2,1-4H3,(H2,24,25,26);1H. The minimum absolute atomic E-state index is 0. The van der Waals surface area contributed by atoms with E-state index in [-0.39, 0.29) is 36.4 Å². The molecule has 0 aliphatic heterocycles. The number of hydrogen-bond donors (Lipinski definition) is 2. The van der Waals surface area contributed by atoms with Gasteiger partial charge in [-0.15, -0.1) is 24.0 Å². The van der Waals surface area contributed by atoms with Gasteiger partial charge in [-0.25, -0.2) is 8.42 Å². The van der Waals surface area contributed by atoms with Crippen LogP contribution in [0.2, 0.25) is 0 Å². The van der Waals surface area contributed by atoms with E-state index in [1.165, 1.54) is 17.4 Å². The van der Waals surface area contributed by atoms with Gasteiger partial charge in [-0.05, 0) is 38.3 Å². The van der Waals surface area contributed by atoms with Gasteiger partial charge in [-0.2, -0.15) is 0 Å². The molecule has 2 rings (SSSR count). The van der Waals surface area contributed by atoms with Gasteiger partial charge in [0.25, 0.3) is 0 Å². The lowest BCUT2D eigenvalue weighted by atomic mass is 9.88. The quantitative estimate of drug-likeness (QED) is 0.283. The number of nitrogens with zero attached hydrogens (tertiary/aromatic N) is 1. The highest BCUT2D eigenvalue weighted by atomic mass is 127. The summed E-state index contributed by atoms with van der Waals surface area (Å²) in [5, 5.41) is 6.56. The van der Waals surface area contributed by atoms with E-state index >= 15 is 0 Å². The van der Waals surface area contributed by atoms with Gasteiger partial charge in [0.2, 0.25) is 0 Å². The van der Waals surface area contributed by atoms with Crippen molar-refractivity contribution in [1.29, 1.82) is 0 Å². The molecule has 2 aromatic rings. The highest BCUT2D eigenvalue weighted by Gasteiger charge is 2.30. The summed E-state index contributed by atoms with van der Waals surface area (Å²) < 4.78 is 23.0. The SMILES string of the molecule is CCNC(=NCC(C)(C)S(C)(=O)=O)NCCC(c1ccccc1)c1ccccc1.I. The molecule has 166 valence electrons. The van der Waals surface area contributed by atoms with Gasteiger partial charge in [-0.1, -0.05) is 60.7 Å². The molecule has 0 aromatic heterocycles. The third kappa shape index (κ3) is 7.91. The van der Waals surface area contributed by atoms with Gasteiger partial charge in [0, 0.05) is 25.3 Å². The predicted octanol–water partition coefficient (Wildman–Crippen LogP) is 4.20. The fourth-order valence-electron chi connectivity index (χ4n) is 2.96. The van der Waals surface area contributed by atoms with E-state index in [1.807, 2.05) is 19.1 Å². The Bertz CT molecular complexity index is 846. The number of guanidine groups is 1. The van der Waals surface area contributed by atoms with E-state index < -0.39 is 14.6 Å². The fourth-order valence-corrected chi connectivity index (χ4v) is 3.26. The minimum atomic E-state index is -3.18. The minimum Gasteiger partial charge on any atom is -0.357 e. The van der Waals surface area contributed by atoms with Crippen molar-refractivity contribution in [3.63, 3.8) is 0 Å². The van der Waals surface area contributed by atoms with Crippen LogP contribution in [0.5, 0.6) is 0 Å². The Hall–Kier alpha value is -1.61. The molecule has 0 aliphatic carbocycles. The second-order valence-electron chi connectivity index (χ2n) is 7.82. The highest BCUT2D eigenvalue weighted by molar-refractivity contribution is 14.0. The van der Waals surface area contributed by atoms with Gasteiger partial charge in [0.05, 0.1) is 11.3 Å². The zero-order chi connectivity index (χ0) is 21.3. The van der Waals surface area contributed by atoms with Crippen molar-refractivity contribution in [2.45, 2.75) is 37.9 Å². The normalized spacial score (nSPS) is 12.4. The number of benzene rings is 2. The Balaban J connectivity index is 0.00000450. The van der Waals surface area contributed by atoms with E-state index in [4.69, 9.17) is 0 Å². The lowest BCUT2D eigenvalue weighted by Crippen LogP contribution is -2.41. The van der Waals surface area contributed by atoms with Crippen LogP contribution in [0, 0.1) is 0 Å². The van der Waals surface area contributed by atoms with Crippen molar-refractivity contribution in [3.05, 3.63) is 71.8 Å². The van der Waals surface area contributed by atoms with Gasteiger partial charge in [-0.3, -0.25) is 4.99 Å². The van der Waals surface area contributed by atoms with Crippen molar-refractivity contribution in [3.8, 4) is 0 Å². The Morgan fingerprint density at radius 3 is 1.90 bits per heavy atom. The molecule has 0 aliphatic rings. The average molecular weight is 544 g/mol. The zero-order valence-electron chi connectivity index (χ0n) is 18.3. The first-order valence-electron chi connectivity index (χ1n) is 10.1. The van der Waals surface area contributed by atoms with Crippen LogP contribution in [0.15, 0.2) is 65.7 Å². The molecular weight excluding hydrogens is 509 g/mol. The summed E-state index contributed by atoms with van der Waals surface area (Å²) in [6, 6.07) is 21.0. The summed E-state index contributed by atoms with van der Waals surface area (Å²) in [7, 11) is -3.18. The molecule has 0 saturated carbocycles. The van der Waals surface area contributed by atoms with Crippen LogP contribution in [0.3, 0.4) is 0 Å². The van der Waals surface area contributed by atoms with Crippen LogP contribution in [0.25, 0.3) is 0 Å². The summed E-state index contributed by atoms with van der Waals surface area (Å²) in [6.07, 6.45) is 2.15. The molecule has 2 N–H and O–H groups in total. The van der Waals surface area contributed by atoms with Crippen molar-refractivity contribution in [2.24, 2.45) is 4.99 Å². The lowest BCUT2D eigenvalue weighted by molar-refractivity contribution is 0.554. The first-order valence-corrected chi connectivity index (χ1v) is 12.0. The maximum Gasteiger partial charge on any atom is 0.191 e. The summed E-state index contributed by atoms with van der Waals surface area (Å²) in [5.74, 6) is 0.921. The molecule has 0 radical (unpaired) electrons. The van der Waals surface area contributed by atoms with Crippen LogP contribution >= 0.6 is 24.0 Å². The van der Waals surface area contributed by atoms with Crippen LogP contribution in [0.4, 0.5) is 0 Å². The van der Waals surface area contributed by atoms with E-state index in [2.05, 4.69) is 64.2 Å². The molecule has 2 aromatic carbocycles. The molecule has 0 bridgehead atoms. The molecule has 0 amide bonds. The highest BCUT2D eigenvalue weighted by Crippen LogP contribution is 2.27. The lowest BCUT2D eigenvalue weighted by Gasteiger charge is -2.22. The first kappa shape index (κ1) is 26.4. The van der Waals surface area contributed by atoms with E-state index in [9.17, 15) is 8.42 Å². The fraction of sp³-hybridized carbons (Fsp3) is 0.435. The van der Waals surface area contributed by atoms with Crippen molar-refractivity contribution in [1.82, 2.24) is 10.6 Å². The van der Waals surface area contributed by atoms with Crippen LogP contribution in [-0.4, -0.2) is 45.0 Å². The van der Waals surface area contributed by atoms with Crippen LogP contribution in [-0.2, 0) is 9.84 Å². The topological polar surface area (TPSA) is 70.6 Å². The Morgan fingerprint density at radius 2 is 1.47 bits per heavy atom. The van der Waals surface area contributed by atoms with Crippen molar-refractivity contribution in [2.75, 3.05) is 25.9 Å². The number of nitrogens with one attached hydrogen (secondary N) is 2. The summed E-state index contributed by atoms with van der Waals surface area (Å²) in [6.45, 7) is 7.05. The molecule has 0 fully saturated rings. The maximum absolute atomic E-state index is 11.9. The molecular formula is C23H34IN3O2S. The third-order valence-corrected chi connectivity index (χ3v) is 7.23. The summed E-state index contributed by atoms with van der Waals surface area (Å²) >= 11 is 0. The number of halogens is 1. The summed E-state index contributed by atoms with van der Waals surface area (Å²) in [5.41, 5.74) is 2.56. The molecule has 0 saturated heterocycles. The monoisotopic (exact) mass is 543 g/mol. The van der Waals surface area contributed by atoms with Crippen LogP contribution < -0.4 is 10.6 Å². The molecule has 0 spiro atoms. The van der Waals surface area contributed by atoms with Gasteiger partial charge >= 0.3 is 0 Å². The first-order chi connectivity index (χ1) is 13.7. The van der Waals surface area contributed by atoms with Crippen molar-refractivity contribution >= 4 is 39.8 Å². The summed E-state index contributed by atoms with van der Waals surface area (Å²) in [4.78, 5) is 4.51. The Kier molecular flexibility index (Phi) is 10.8. The zero-order valence-corrected chi connectivity index (χ0v) is 21.4. The molecule has 30 heavy (non-hydrogen) atoms. The van der Waals surface area contributed by atoms with E-state index in [0.29, 0.717) is 12.5 Å². The van der Waals surface area contributed by atoms with Gasteiger partial charge in [0.1, 0.15) is 0 Å². The molecule has 7 heteroatoms. The molecule has 0 heterocycles. The molecule has 5 nitrogen and oxygen atoms in total.